The van der Waals surface area contributed by atoms with Gasteiger partial charge < -0.3 is 11.1 Å². The minimum atomic E-state index is -0.142. The summed E-state index contributed by atoms with van der Waals surface area (Å²) in [6.45, 7) is 0.762. The lowest BCUT2D eigenvalue weighted by molar-refractivity contribution is 0.863. The fourth-order valence-corrected chi connectivity index (χ4v) is 2.34. The van der Waals surface area contributed by atoms with E-state index in [1.807, 2.05) is 66.9 Å². The van der Waals surface area contributed by atoms with Crippen LogP contribution in [0.1, 0.15) is 22.7 Å². The number of nitrogens with zero attached hydrogens (tertiary/aromatic N) is 1. The first-order chi connectivity index (χ1) is 10.8. The standard InChI is InChI=1S/C19H19N3/c20-19(16-9-5-2-6-10-16)17-11-12-18(22-14-17)21-13-15-7-3-1-4-8-15/h1-12,14,19H,13,20H2,(H,21,22). The second-order valence-corrected chi connectivity index (χ2v) is 5.20. The Kier molecular flexibility index (Phi) is 4.47. The van der Waals surface area contributed by atoms with Gasteiger partial charge in [-0.3, -0.25) is 0 Å². The average Bonchev–Trinajstić information content (AvgIpc) is 2.61. The minimum absolute atomic E-state index is 0.142. The van der Waals surface area contributed by atoms with Crippen LogP contribution >= 0.6 is 0 Å². The van der Waals surface area contributed by atoms with Crippen LogP contribution in [0, 0.1) is 0 Å². The van der Waals surface area contributed by atoms with E-state index in [-0.39, 0.29) is 6.04 Å². The molecular formula is C19H19N3. The van der Waals surface area contributed by atoms with E-state index in [4.69, 9.17) is 5.73 Å². The van der Waals surface area contributed by atoms with Crippen LogP contribution in [-0.2, 0) is 6.54 Å². The molecule has 3 nitrogen and oxygen atoms in total. The van der Waals surface area contributed by atoms with Gasteiger partial charge in [0.25, 0.3) is 0 Å². The number of anilines is 1. The average molecular weight is 289 g/mol. The molecule has 1 atom stereocenters. The maximum atomic E-state index is 6.27. The second kappa shape index (κ2) is 6.87. The summed E-state index contributed by atoms with van der Waals surface area (Å²) in [5.74, 6) is 0.855. The summed E-state index contributed by atoms with van der Waals surface area (Å²) in [6.07, 6.45) is 1.84. The molecule has 0 spiro atoms. The first-order valence-corrected chi connectivity index (χ1v) is 7.37. The lowest BCUT2D eigenvalue weighted by Gasteiger charge is -2.13. The predicted molar refractivity (Wildman–Crippen MR) is 90.5 cm³/mol. The topological polar surface area (TPSA) is 50.9 Å². The fourth-order valence-electron chi connectivity index (χ4n) is 2.34. The van der Waals surface area contributed by atoms with Crippen LogP contribution in [0.2, 0.25) is 0 Å². The van der Waals surface area contributed by atoms with Gasteiger partial charge in [0.05, 0.1) is 6.04 Å². The largest absolute Gasteiger partial charge is 0.366 e. The van der Waals surface area contributed by atoms with Crippen molar-refractivity contribution in [3.05, 3.63) is 95.7 Å². The highest BCUT2D eigenvalue weighted by Gasteiger charge is 2.08. The van der Waals surface area contributed by atoms with Crippen molar-refractivity contribution in [2.75, 3.05) is 5.32 Å². The molecule has 3 N–H and O–H groups in total. The van der Waals surface area contributed by atoms with Crippen LogP contribution in [0.3, 0.4) is 0 Å². The van der Waals surface area contributed by atoms with E-state index < -0.39 is 0 Å². The first-order valence-electron chi connectivity index (χ1n) is 7.37. The van der Waals surface area contributed by atoms with Gasteiger partial charge in [-0.25, -0.2) is 4.98 Å². The van der Waals surface area contributed by atoms with E-state index in [1.54, 1.807) is 0 Å². The number of nitrogens with one attached hydrogen (secondary N) is 1. The number of nitrogens with two attached hydrogens (primary N) is 1. The number of pyridine rings is 1. The van der Waals surface area contributed by atoms with Crippen molar-refractivity contribution in [3.8, 4) is 0 Å². The molecule has 0 saturated carbocycles. The summed E-state index contributed by atoms with van der Waals surface area (Å²) >= 11 is 0. The fraction of sp³-hybridized carbons (Fsp3) is 0.105. The van der Waals surface area contributed by atoms with E-state index in [0.717, 1.165) is 23.5 Å². The predicted octanol–water partition coefficient (Wildman–Crippen LogP) is 3.74. The van der Waals surface area contributed by atoms with Gasteiger partial charge in [0.15, 0.2) is 0 Å². The van der Waals surface area contributed by atoms with Gasteiger partial charge in [-0.1, -0.05) is 66.7 Å². The summed E-state index contributed by atoms with van der Waals surface area (Å²) in [5, 5.41) is 3.31. The molecule has 1 unspecified atom stereocenters. The molecule has 0 aliphatic carbocycles. The Labute approximate surface area is 130 Å². The second-order valence-electron chi connectivity index (χ2n) is 5.20. The van der Waals surface area contributed by atoms with Crippen molar-refractivity contribution in [1.82, 2.24) is 4.98 Å². The molecule has 0 amide bonds. The van der Waals surface area contributed by atoms with E-state index >= 15 is 0 Å². The number of benzene rings is 2. The highest BCUT2D eigenvalue weighted by Crippen LogP contribution is 2.19. The van der Waals surface area contributed by atoms with Crippen LogP contribution in [0.4, 0.5) is 5.82 Å². The molecular weight excluding hydrogens is 270 g/mol. The Hall–Kier alpha value is -2.65. The Balaban J connectivity index is 1.65. The van der Waals surface area contributed by atoms with Gasteiger partial charge in [0, 0.05) is 12.7 Å². The molecule has 2 aromatic carbocycles. The third-order valence-electron chi connectivity index (χ3n) is 3.62. The summed E-state index contributed by atoms with van der Waals surface area (Å²) < 4.78 is 0. The zero-order valence-electron chi connectivity index (χ0n) is 12.3. The zero-order chi connectivity index (χ0) is 15.2. The van der Waals surface area contributed by atoms with Gasteiger partial charge in [0.2, 0.25) is 0 Å². The third-order valence-corrected chi connectivity index (χ3v) is 3.62. The van der Waals surface area contributed by atoms with Crippen LogP contribution in [-0.4, -0.2) is 4.98 Å². The Bertz CT molecular complexity index is 694. The van der Waals surface area contributed by atoms with E-state index in [1.165, 1.54) is 5.56 Å². The molecule has 1 aromatic heterocycles. The van der Waals surface area contributed by atoms with Gasteiger partial charge in [-0.15, -0.1) is 0 Å². The van der Waals surface area contributed by atoms with Gasteiger partial charge in [0.1, 0.15) is 5.82 Å². The molecule has 3 rings (SSSR count). The highest BCUT2D eigenvalue weighted by atomic mass is 15.0. The Morgan fingerprint density at radius 2 is 1.50 bits per heavy atom. The van der Waals surface area contributed by atoms with Crippen molar-refractivity contribution in [2.24, 2.45) is 5.73 Å². The number of rotatable bonds is 5. The smallest absolute Gasteiger partial charge is 0.126 e. The molecule has 22 heavy (non-hydrogen) atoms. The first kappa shape index (κ1) is 14.3. The zero-order valence-corrected chi connectivity index (χ0v) is 12.3. The van der Waals surface area contributed by atoms with E-state index in [0.29, 0.717) is 0 Å². The molecule has 0 aliphatic rings. The maximum absolute atomic E-state index is 6.27. The third kappa shape index (κ3) is 3.51. The Morgan fingerprint density at radius 3 is 2.14 bits per heavy atom. The molecule has 3 aromatic rings. The number of hydrogen-bond acceptors (Lipinski definition) is 3. The quantitative estimate of drug-likeness (QED) is 0.752. The Morgan fingerprint density at radius 1 is 0.818 bits per heavy atom. The molecule has 1 heterocycles. The maximum Gasteiger partial charge on any atom is 0.126 e. The van der Waals surface area contributed by atoms with Crippen LogP contribution < -0.4 is 11.1 Å². The molecule has 0 radical (unpaired) electrons. The molecule has 0 saturated heterocycles. The van der Waals surface area contributed by atoms with E-state index in [2.05, 4.69) is 22.4 Å². The van der Waals surface area contributed by atoms with Crippen molar-refractivity contribution in [3.63, 3.8) is 0 Å². The summed E-state index contributed by atoms with van der Waals surface area (Å²) in [6, 6.07) is 24.2. The molecule has 0 aliphatic heterocycles. The van der Waals surface area contributed by atoms with Crippen molar-refractivity contribution in [2.45, 2.75) is 12.6 Å². The highest BCUT2D eigenvalue weighted by molar-refractivity contribution is 5.39. The minimum Gasteiger partial charge on any atom is -0.366 e. The van der Waals surface area contributed by atoms with Crippen molar-refractivity contribution >= 4 is 5.82 Å². The van der Waals surface area contributed by atoms with Crippen molar-refractivity contribution < 1.29 is 0 Å². The van der Waals surface area contributed by atoms with Crippen LogP contribution in [0.25, 0.3) is 0 Å². The van der Waals surface area contributed by atoms with Crippen LogP contribution in [0.5, 0.6) is 0 Å². The number of hydrogen-bond donors (Lipinski definition) is 2. The van der Waals surface area contributed by atoms with Crippen LogP contribution in [0.15, 0.2) is 79.0 Å². The molecule has 0 bridgehead atoms. The summed E-state index contributed by atoms with van der Waals surface area (Å²) in [4.78, 5) is 4.45. The molecule has 3 heteroatoms. The summed E-state index contributed by atoms with van der Waals surface area (Å²) in [5.41, 5.74) is 9.60. The van der Waals surface area contributed by atoms with Crippen molar-refractivity contribution in [1.29, 1.82) is 0 Å². The lowest BCUT2D eigenvalue weighted by atomic mass is 10.0. The monoisotopic (exact) mass is 289 g/mol. The van der Waals surface area contributed by atoms with E-state index in [9.17, 15) is 0 Å². The molecule has 0 fully saturated rings. The normalized spacial score (nSPS) is 11.9. The lowest BCUT2D eigenvalue weighted by Crippen LogP contribution is -2.12. The number of aromatic nitrogens is 1. The van der Waals surface area contributed by atoms with Gasteiger partial charge in [-0.05, 0) is 22.8 Å². The van der Waals surface area contributed by atoms with Gasteiger partial charge >= 0.3 is 0 Å². The SMILES string of the molecule is NC(c1ccccc1)c1ccc(NCc2ccccc2)nc1. The summed E-state index contributed by atoms with van der Waals surface area (Å²) in [7, 11) is 0. The van der Waals surface area contributed by atoms with Gasteiger partial charge in [-0.2, -0.15) is 0 Å². The molecule has 110 valence electrons.